The highest BCUT2D eigenvalue weighted by molar-refractivity contribution is 5.30. The van der Waals surface area contributed by atoms with E-state index in [4.69, 9.17) is 0 Å². The van der Waals surface area contributed by atoms with E-state index in [0.717, 1.165) is 6.54 Å². The standard InChI is InChI=1S/C12H15N3O/c1-9-3-4-11(10(2)5-9)6-13-7-12-14-8-16-15-12/h3-5,8,13H,6-7H2,1-2H3. The summed E-state index contributed by atoms with van der Waals surface area (Å²) in [6.45, 7) is 5.67. The van der Waals surface area contributed by atoms with Crippen LogP contribution in [-0.2, 0) is 13.1 Å². The molecule has 0 aliphatic heterocycles. The molecular weight excluding hydrogens is 202 g/mol. The summed E-state index contributed by atoms with van der Waals surface area (Å²) >= 11 is 0. The third kappa shape index (κ3) is 2.67. The molecule has 0 aliphatic carbocycles. The van der Waals surface area contributed by atoms with Crippen molar-refractivity contribution in [2.24, 2.45) is 0 Å². The molecule has 16 heavy (non-hydrogen) atoms. The quantitative estimate of drug-likeness (QED) is 0.850. The molecule has 4 heteroatoms. The zero-order chi connectivity index (χ0) is 11.4. The molecule has 84 valence electrons. The van der Waals surface area contributed by atoms with Gasteiger partial charge in [-0.05, 0) is 25.0 Å². The van der Waals surface area contributed by atoms with E-state index in [0.29, 0.717) is 12.4 Å². The molecule has 0 radical (unpaired) electrons. The molecule has 4 nitrogen and oxygen atoms in total. The Hall–Kier alpha value is -1.68. The summed E-state index contributed by atoms with van der Waals surface area (Å²) in [7, 11) is 0. The Morgan fingerprint density at radius 1 is 1.25 bits per heavy atom. The molecular formula is C12H15N3O. The largest absolute Gasteiger partial charge is 0.343 e. The molecule has 1 aromatic heterocycles. The number of aryl methyl sites for hydroxylation is 2. The lowest BCUT2D eigenvalue weighted by molar-refractivity contribution is 0.407. The molecule has 2 rings (SSSR count). The van der Waals surface area contributed by atoms with Crippen molar-refractivity contribution in [3.63, 3.8) is 0 Å². The van der Waals surface area contributed by atoms with Crippen molar-refractivity contribution in [3.8, 4) is 0 Å². The Balaban J connectivity index is 1.90. The maximum absolute atomic E-state index is 4.66. The Morgan fingerprint density at radius 2 is 2.12 bits per heavy atom. The van der Waals surface area contributed by atoms with Gasteiger partial charge in [-0.15, -0.1) is 0 Å². The van der Waals surface area contributed by atoms with Crippen LogP contribution in [0.3, 0.4) is 0 Å². The van der Waals surface area contributed by atoms with Gasteiger partial charge in [0.15, 0.2) is 5.82 Å². The van der Waals surface area contributed by atoms with E-state index in [9.17, 15) is 0 Å². The van der Waals surface area contributed by atoms with Crippen LogP contribution in [0.25, 0.3) is 0 Å². The molecule has 0 amide bonds. The second kappa shape index (κ2) is 4.90. The lowest BCUT2D eigenvalue weighted by atomic mass is 10.1. The van der Waals surface area contributed by atoms with E-state index >= 15 is 0 Å². The minimum Gasteiger partial charge on any atom is -0.343 e. The Labute approximate surface area is 94.7 Å². The number of rotatable bonds is 4. The van der Waals surface area contributed by atoms with Gasteiger partial charge in [0.1, 0.15) is 0 Å². The molecule has 0 fully saturated rings. The molecule has 1 N–H and O–H groups in total. The number of aromatic nitrogens is 2. The molecule has 0 aliphatic rings. The lowest BCUT2D eigenvalue weighted by Crippen LogP contribution is -2.14. The minimum atomic E-state index is 0.629. The first kappa shape index (κ1) is 10.8. The van der Waals surface area contributed by atoms with Gasteiger partial charge in [-0.25, -0.2) is 0 Å². The van der Waals surface area contributed by atoms with Crippen LogP contribution in [0, 0.1) is 13.8 Å². The topological polar surface area (TPSA) is 51.0 Å². The molecule has 1 aromatic carbocycles. The summed E-state index contributed by atoms with van der Waals surface area (Å²) in [5.41, 5.74) is 3.90. The normalized spacial score (nSPS) is 10.6. The van der Waals surface area contributed by atoms with Crippen molar-refractivity contribution < 1.29 is 4.52 Å². The van der Waals surface area contributed by atoms with Gasteiger partial charge in [-0.1, -0.05) is 28.9 Å². The highest BCUT2D eigenvalue weighted by Gasteiger charge is 2.00. The van der Waals surface area contributed by atoms with E-state index in [1.54, 1.807) is 0 Å². The van der Waals surface area contributed by atoms with Crippen LogP contribution >= 0.6 is 0 Å². The van der Waals surface area contributed by atoms with E-state index in [1.807, 2.05) is 0 Å². The second-order valence-electron chi connectivity index (χ2n) is 3.88. The van der Waals surface area contributed by atoms with Gasteiger partial charge in [-0.3, -0.25) is 0 Å². The molecule has 0 bridgehead atoms. The third-order valence-corrected chi connectivity index (χ3v) is 2.50. The maximum Gasteiger partial charge on any atom is 0.213 e. The summed E-state index contributed by atoms with van der Waals surface area (Å²) in [6.07, 6.45) is 1.34. The van der Waals surface area contributed by atoms with Crippen LogP contribution < -0.4 is 5.32 Å². The molecule has 0 saturated heterocycles. The number of nitrogens with one attached hydrogen (secondary N) is 1. The van der Waals surface area contributed by atoms with Gasteiger partial charge in [0.2, 0.25) is 6.39 Å². The Bertz CT molecular complexity index is 451. The van der Waals surface area contributed by atoms with Crippen molar-refractivity contribution >= 4 is 0 Å². The summed E-state index contributed by atoms with van der Waals surface area (Å²) in [4.78, 5) is 3.94. The maximum atomic E-state index is 4.66. The van der Waals surface area contributed by atoms with Crippen LogP contribution in [0.4, 0.5) is 0 Å². The van der Waals surface area contributed by atoms with Crippen LogP contribution in [0.2, 0.25) is 0 Å². The van der Waals surface area contributed by atoms with E-state index in [1.165, 1.54) is 23.1 Å². The van der Waals surface area contributed by atoms with E-state index in [2.05, 4.69) is 52.0 Å². The Kier molecular flexibility index (Phi) is 3.31. The highest BCUT2D eigenvalue weighted by Crippen LogP contribution is 2.10. The molecule has 0 saturated carbocycles. The van der Waals surface area contributed by atoms with Crippen molar-refractivity contribution in [1.82, 2.24) is 15.5 Å². The predicted molar refractivity (Wildman–Crippen MR) is 60.8 cm³/mol. The first-order valence-electron chi connectivity index (χ1n) is 5.28. The summed E-state index contributed by atoms with van der Waals surface area (Å²) in [6, 6.07) is 6.46. The van der Waals surface area contributed by atoms with Crippen LogP contribution in [0.5, 0.6) is 0 Å². The fourth-order valence-corrected chi connectivity index (χ4v) is 1.62. The molecule has 0 unspecified atom stereocenters. The lowest BCUT2D eigenvalue weighted by Gasteiger charge is -2.07. The van der Waals surface area contributed by atoms with Crippen molar-refractivity contribution in [2.75, 3.05) is 0 Å². The van der Waals surface area contributed by atoms with Crippen LogP contribution in [0.1, 0.15) is 22.5 Å². The van der Waals surface area contributed by atoms with Crippen molar-refractivity contribution in [2.45, 2.75) is 26.9 Å². The Morgan fingerprint density at radius 3 is 2.81 bits per heavy atom. The minimum absolute atomic E-state index is 0.629. The smallest absolute Gasteiger partial charge is 0.213 e. The molecule has 2 aromatic rings. The highest BCUT2D eigenvalue weighted by atomic mass is 16.5. The molecule has 0 atom stereocenters. The fourth-order valence-electron chi connectivity index (χ4n) is 1.62. The molecule has 1 heterocycles. The number of hydrogen-bond donors (Lipinski definition) is 1. The molecule has 0 spiro atoms. The van der Waals surface area contributed by atoms with Crippen LogP contribution in [0.15, 0.2) is 29.1 Å². The number of nitrogens with zero attached hydrogens (tertiary/aromatic N) is 2. The van der Waals surface area contributed by atoms with Gasteiger partial charge in [0, 0.05) is 6.54 Å². The average molecular weight is 217 g/mol. The summed E-state index contributed by atoms with van der Waals surface area (Å²) < 4.78 is 4.66. The van der Waals surface area contributed by atoms with Gasteiger partial charge in [0.05, 0.1) is 6.54 Å². The monoisotopic (exact) mass is 217 g/mol. The predicted octanol–water partition coefficient (Wildman–Crippen LogP) is 1.98. The van der Waals surface area contributed by atoms with Gasteiger partial charge in [-0.2, -0.15) is 4.98 Å². The zero-order valence-electron chi connectivity index (χ0n) is 9.53. The van der Waals surface area contributed by atoms with Gasteiger partial charge >= 0.3 is 0 Å². The first-order chi connectivity index (χ1) is 7.75. The zero-order valence-corrected chi connectivity index (χ0v) is 9.53. The van der Waals surface area contributed by atoms with Crippen molar-refractivity contribution in [3.05, 3.63) is 47.1 Å². The number of benzene rings is 1. The number of hydrogen-bond acceptors (Lipinski definition) is 4. The summed E-state index contributed by atoms with van der Waals surface area (Å²) in [5, 5.41) is 7.01. The van der Waals surface area contributed by atoms with Gasteiger partial charge < -0.3 is 9.84 Å². The third-order valence-electron chi connectivity index (χ3n) is 2.50. The average Bonchev–Trinajstić information content (AvgIpc) is 2.74. The van der Waals surface area contributed by atoms with E-state index < -0.39 is 0 Å². The summed E-state index contributed by atoms with van der Waals surface area (Å²) in [5.74, 6) is 0.685. The second-order valence-corrected chi connectivity index (χ2v) is 3.88. The van der Waals surface area contributed by atoms with Crippen LogP contribution in [-0.4, -0.2) is 10.1 Å². The van der Waals surface area contributed by atoms with Gasteiger partial charge in [0.25, 0.3) is 0 Å². The van der Waals surface area contributed by atoms with E-state index in [-0.39, 0.29) is 0 Å². The fraction of sp³-hybridized carbons (Fsp3) is 0.333. The van der Waals surface area contributed by atoms with Crippen molar-refractivity contribution in [1.29, 1.82) is 0 Å². The SMILES string of the molecule is Cc1ccc(CNCc2ncon2)c(C)c1. The first-order valence-corrected chi connectivity index (χ1v) is 5.28.